The van der Waals surface area contributed by atoms with Gasteiger partial charge in [-0.05, 0) is 76.9 Å². The van der Waals surface area contributed by atoms with E-state index in [0.717, 1.165) is 88.7 Å². The van der Waals surface area contributed by atoms with Crippen molar-refractivity contribution in [3.05, 3.63) is 205 Å². The molecule has 8 aromatic carbocycles. The second-order valence-corrected chi connectivity index (χ2v) is 14.9. The van der Waals surface area contributed by atoms with E-state index in [-0.39, 0.29) is 0 Å². The molecule has 0 aliphatic rings. The molecule has 0 saturated carbocycles. The Morgan fingerprint density at radius 2 is 0.733 bits per heavy atom. The molecule has 0 bridgehead atoms. The van der Waals surface area contributed by atoms with Crippen molar-refractivity contribution in [1.82, 2.24) is 19.1 Å². The van der Waals surface area contributed by atoms with Gasteiger partial charge in [0.1, 0.15) is 0 Å². The zero-order valence-electron chi connectivity index (χ0n) is 32.2. The molecule has 0 saturated heterocycles. The Hall–Kier alpha value is -8.58. The van der Waals surface area contributed by atoms with Crippen LogP contribution < -0.4 is 0 Å². The van der Waals surface area contributed by atoms with Crippen molar-refractivity contribution in [1.29, 1.82) is 10.5 Å². The lowest BCUT2D eigenvalue weighted by Gasteiger charge is -2.14. The molecule has 278 valence electrons. The number of hydrogen-bond acceptors (Lipinski definition) is 4. The number of hydrogen-bond donors (Lipinski definition) is 0. The highest BCUT2D eigenvalue weighted by atomic mass is 15.2. The highest BCUT2D eigenvalue weighted by Gasteiger charge is 2.23. The summed E-state index contributed by atoms with van der Waals surface area (Å²) in [5, 5.41) is 23.2. The molecule has 60 heavy (non-hydrogen) atoms. The van der Waals surface area contributed by atoms with Crippen molar-refractivity contribution in [2.45, 2.75) is 0 Å². The Morgan fingerprint density at radius 1 is 0.350 bits per heavy atom. The molecule has 0 atom stereocenters. The van der Waals surface area contributed by atoms with E-state index < -0.39 is 0 Å². The normalized spacial score (nSPS) is 11.3. The first-order chi connectivity index (χ1) is 29.6. The lowest BCUT2D eigenvalue weighted by molar-refractivity contribution is 0.995. The molecule has 6 heteroatoms. The average molecular weight is 765 g/mol. The van der Waals surface area contributed by atoms with Gasteiger partial charge in [-0.25, -0.2) is 9.97 Å². The molecule has 11 aromatic rings. The fourth-order valence-corrected chi connectivity index (χ4v) is 8.53. The number of nitrogens with zero attached hydrogens (tertiary/aromatic N) is 6. The Morgan fingerprint density at radius 3 is 1.20 bits per heavy atom. The van der Waals surface area contributed by atoms with E-state index in [4.69, 9.17) is 9.97 Å². The summed E-state index contributed by atoms with van der Waals surface area (Å²) in [4.78, 5) is 10.8. The van der Waals surface area contributed by atoms with Crippen LogP contribution in [0.4, 0.5) is 0 Å². The fraction of sp³-hybridized carbons (Fsp3) is 0. The van der Waals surface area contributed by atoms with Gasteiger partial charge in [-0.2, -0.15) is 10.5 Å². The summed E-state index contributed by atoms with van der Waals surface area (Å²) in [6, 6.07) is 70.8. The largest absolute Gasteiger partial charge is 0.307 e. The van der Waals surface area contributed by atoms with E-state index in [9.17, 15) is 10.5 Å². The number of nitriles is 2. The number of para-hydroxylation sites is 3. The Balaban J connectivity index is 1.16. The first kappa shape index (κ1) is 34.7. The van der Waals surface area contributed by atoms with E-state index >= 15 is 0 Å². The molecular weight excluding hydrogens is 733 g/mol. The van der Waals surface area contributed by atoms with Crippen LogP contribution in [0.2, 0.25) is 0 Å². The summed E-state index contributed by atoms with van der Waals surface area (Å²) in [7, 11) is 0. The molecule has 0 amide bonds. The molecule has 0 spiro atoms. The first-order valence-electron chi connectivity index (χ1n) is 19.8. The number of aromatic nitrogens is 4. The molecule has 3 aromatic heterocycles. The van der Waals surface area contributed by atoms with Gasteiger partial charge in [0.05, 0.1) is 56.7 Å². The summed E-state index contributed by atoms with van der Waals surface area (Å²) in [6.45, 7) is 0. The topological polar surface area (TPSA) is 83.2 Å². The van der Waals surface area contributed by atoms with E-state index in [1.54, 1.807) is 0 Å². The quantitative estimate of drug-likeness (QED) is 0.169. The van der Waals surface area contributed by atoms with Crippen LogP contribution in [0.15, 0.2) is 194 Å². The standard InChI is InChI=1S/C54H32N6/c55-33-35-14-18-37(19-15-35)39-22-26-41(27-23-39)48-32-49(42-28-24-40(25-29-42)38-20-16-36(34-56)17-21-38)58-54(57-48)60-51-13-7-5-11-45(51)47-31-30-46-44-10-4-6-12-50(44)59(52(46)53(47)60)43-8-2-1-3-9-43/h1-32H. The average Bonchev–Trinajstić information content (AvgIpc) is 3.85. The first-order valence-corrected chi connectivity index (χ1v) is 19.8. The van der Waals surface area contributed by atoms with Crippen LogP contribution >= 0.6 is 0 Å². The van der Waals surface area contributed by atoms with Crippen LogP contribution in [0, 0.1) is 22.7 Å². The van der Waals surface area contributed by atoms with Crippen LogP contribution in [0.1, 0.15) is 11.1 Å². The summed E-state index contributed by atoms with van der Waals surface area (Å²) < 4.78 is 4.62. The predicted molar refractivity (Wildman–Crippen MR) is 242 cm³/mol. The van der Waals surface area contributed by atoms with Crippen molar-refractivity contribution in [3.8, 4) is 68.5 Å². The van der Waals surface area contributed by atoms with Gasteiger partial charge in [-0.3, -0.25) is 4.57 Å². The fourth-order valence-electron chi connectivity index (χ4n) is 8.53. The third-order valence-corrected chi connectivity index (χ3v) is 11.5. The summed E-state index contributed by atoms with van der Waals surface area (Å²) in [6.07, 6.45) is 0. The van der Waals surface area contributed by atoms with Crippen molar-refractivity contribution in [3.63, 3.8) is 0 Å². The Kier molecular flexibility index (Phi) is 8.15. The third-order valence-electron chi connectivity index (χ3n) is 11.5. The van der Waals surface area contributed by atoms with Gasteiger partial charge in [0.2, 0.25) is 5.95 Å². The van der Waals surface area contributed by atoms with Crippen LogP contribution in [0.3, 0.4) is 0 Å². The molecule has 0 radical (unpaired) electrons. The van der Waals surface area contributed by atoms with Crippen LogP contribution in [0.25, 0.3) is 100 Å². The molecule has 6 nitrogen and oxygen atoms in total. The smallest absolute Gasteiger partial charge is 0.235 e. The van der Waals surface area contributed by atoms with E-state index in [1.165, 1.54) is 5.39 Å². The molecule has 11 rings (SSSR count). The van der Waals surface area contributed by atoms with Gasteiger partial charge >= 0.3 is 0 Å². The zero-order chi connectivity index (χ0) is 40.2. The number of fused-ring (bicyclic) bond motifs is 7. The van der Waals surface area contributed by atoms with Gasteiger partial charge < -0.3 is 4.57 Å². The maximum atomic E-state index is 9.33. The second-order valence-electron chi connectivity index (χ2n) is 14.9. The second kappa shape index (κ2) is 14.1. The van der Waals surface area contributed by atoms with E-state index in [1.807, 2.05) is 48.5 Å². The van der Waals surface area contributed by atoms with Gasteiger partial charge in [0.25, 0.3) is 0 Å². The van der Waals surface area contributed by atoms with Gasteiger partial charge in [-0.1, -0.05) is 140 Å². The molecule has 0 fully saturated rings. The predicted octanol–water partition coefficient (Wildman–Crippen LogP) is 13.1. The van der Waals surface area contributed by atoms with Gasteiger partial charge in [-0.15, -0.1) is 0 Å². The Labute approximate surface area is 345 Å². The minimum atomic E-state index is 0.568. The summed E-state index contributed by atoms with van der Waals surface area (Å²) in [5.74, 6) is 0.568. The molecule has 0 aliphatic heterocycles. The van der Waals surface area contributed by atoms with E-state index in [0.29, 0.717) is 17.1 Å². The molecule has 3 heterocycles. The molecule has 0 aliphatic carbocycles. The third kappa shape index (κ3) is 5.71. The molecule has 0 N–H and O–H groups in total. The van der Waals surface area contributed by atoms with Crippen molar-refractivity contribution in [2.24, 2.45) is 0 Å². The molecular formula is C54H32N6. The zero-order valence-corrected chi connectivity index (χ0v) is 32.2. The highest BCUT2D eigenvalue weighted by Crippen LogP contribution is 2.42. The van der Waals surface area contributed by atoms with Crippen LogP contribution in [-0.4, -0.2) is 19.1 Å². The lowest BCUT2D eigenvalue weighted by Crippen LogP contribution is -2.05. The minimum absolute atomic E-state index is 0.568. The van der Waals surface area contributed by atoms with Crippen molar-refractivity contribution < 1.29 is 0 Å². The maximum Gasteiger partial charge on any atom is 0.235 e. The van der Waals surface area contributed by atoms with Crippen LogP contribution in [-0.2, 0) is 0 Å². The maximum absolute atomic E-state index is 9.33. The van der Waals surface area contributed by atoms with Gasteiger partial charge in [0, 0.05) is 38.4 Å². The number of benzene rings is 8. The lowest BCUT2D eigenvalue weighted by atomic mass is 10.00. The van der Waals surface area contributed by atoms with Gasteiger partial charge in [0.15, 0.2) is 0 Å². The van der Waals surface area contributed by atoms with Crippen molar-refractivity contribution in [2.75, 3.05) is 0 Å². The molecule has 0 unspecified atom stereocenters. The monoisotopic (exact) mass is 764 g/mol. The Bertz CT molecular complexity index is 3390. The summed E-state index contributed by atoms with van der Waals surface area (Å²) >= 11 is 0. The minimum Gasteiger partial charge on any atom is -0.307 e. The van der Waals surface area contributed by atoms with E-state index in [2.05, 4.69) is 167 Å². The van der Waals surface area contributed by atoms with Crippen molar-refractivity contribution >= 4 is 43.6 Å². The highest BCUT2D eigenvalue weighted by molar-refractivity contribution is 6.23. The van der Waals surface area contributed by atoms with Crippen LogP contribution in [0.5, 0.6) is 0 Å². The number of rotatable bonds is 6. The SMILES string of the molecule is N#Cc1ccc(-c2ccc(-c3cc(-c4ccc(-c5ccc(C#N)cc5)cc4)nc(-n4c5ccccc5c5ccc6c7ccccc7n(-c7ccccc7)c6c54)n3)cc2)cc1. The summed E-state index contributed by atoms with van der Waals surface area (Å²) in [5.41, 5.74) is 14.3.